The van der Waals surface area contributed by atoms with Gasteiger partial charge in [0.15, 0.2) is 0 Å². The molecule has 1 aliphatic rings. The predicted molar refractivity (Wildman–Crippen MR) is 83.5 cm³/mol. The van der Waals surface area contributed by atoms with E-state index in [1.807, 2.05) is 0 Å². The topological polar surface area (TPSA) is 17.8 Å². The Morgan fingerprint density at radius 1 is 1.15 bits per heavy atom. The Labute approximate surface area is 121 Å². The fourth-order valence-electron chi connectivity index (χ4n) is 3.63. The lowest BCUT2D eigenvalue weighted by Crippen LogP contribution is -2.20. The average Bonchev–Trinajstić information content (AvgIpc) is 3.09. The van der Waals surface area contributed by atoms with Gasteiger partial charge in [0.25, 0.3) is 0 Å². The third kappa shape index (κ3) is 2.39. The maximum absolute atomic E-state index is 4.66. The van der Waals surface area contributed by atoms with Crippen LogP contribution in [0.5, 0.6) is 0 Å². The van der Waals surface area contributed by atoms with Crippen LogP contribution in [0.4, 0.5) is 0 Å². The number of benzene rings is 1. The molecular formula is C18H24N2. The van der Waals surface area contributed by atoms with Crippen molar-refractivity contribution in [2.24, 2.45) is 12.5 Å². The van der Waals surface area contributed by atoms with E-state index in [1.165, 1.54) is 49.8 Å². The first kappa shape index (κ1) is 13.4. The molecule has 0 spiro atoms. The number of rotatable bonds is 4. The van der Waals surface area contributed by atoms with Crippen molar-refractivity contribution in [1.29, 1.82) is 0 Å². The van der Waals surface area contributed by atoms with Gasteiger partial charge in [-0.05, 0) is 24.7 Å². The molecule has 1 fully saturated rings. The Morgan fingerprint density at radius 2 is 1.85 bits per heavy atom. The van der Waals surface area contributed by atoms with Crippen molar-refractivity contribution in [1.82, 2.24) is 9.55 Å². The first-order valence-corrected chi connectivity index (χ1v) is 7.80. The summed E-state index contributed by atoms with van der Waals surface area (Å²) in [6.07, 6.45) is 10.1. The molecule has 1 saturated carbocycles. The van der Waals surface area contributed by atoms with E-state index in [9.17, 15) is 0 Å². The van der Waals surface area contributed by atoms with E-state index < -0.39 is 0 Å². The van der Waals surface area contributed by atoms with E-state index in [4.69, 9.17) is 0 Å². The fourth-order valence-corrected chi connectivity index (χ4v) is 3.63. The quantitative estimate of drug-likeness (QED) is 0.792. The van der Waals surface area contributed by atoms with Gasteiger partial charge < -0.3 is 4.57 Å². The molecule has 1 aromatic heterocycles. The minimum absolute atomic E-state index is 0.530. The Bertz CT molecular complexity index is 562. The molecule has 106 valence electrons. The highest BCUT2D eigenvalue weighted by Gasteiger charge is 2.33. The molecule has 0 N–H and O–H groups in total. The maximum Gasteiger partial charge on any atom is 0.139 e. The molecule has 0 bridgehead atoms. The highest BCUT2D eigenvalue weighted by Crippen LogP contribution is 2.43. The molecule has 20 heavy (non-hydrogen) atoms. The summed E-state index contributed by atoms with van der Waals surface area (Å²) in [6.45, 7) is 2.35. The predicted octanol–water partition coefficient (Wildman–Crippen LogP) is 4.60. The Hall–Kier alpha value is -1.57. The molecule has 2 heteroatoms. The molecule has 0 radical (unpaired) electrons. The van der Waals surface area contributed by atoms with Crippen molar-refractivity contribution in [2.45, 2.75) is 45.4 Å². The van der Waals surface area contributed by atoms with Crippen molar-refractivity contribution < 1.29 is 0 Å². The summed E-state index contributed by atoms with van der Waals surface area (Å²) in [4.78, 5) is 4.66. The van der Waals surface area contributed by atoms with Crippen molar-refractivity contribution in [2.75, 3.05) is 0 Å². The van der Waals surface area contributed by atoms with E-state index in [-0.39, 0.29) is 0 Å². The van der Waals surface area contributed by atoms with Crippen molar-refractivity contribution in [3.63, 3.8) is 0 Å². The zero-order chi connectivity index (χ0) is 14.0. The number of hydrogen-bond acceptors (Lipinski definition) is 1. The first-order valence-electron chi connectivity index (χ1n) is 7.80. The van der Waals surface area contributed by atoms with Crippen LogP contribution >= 0.6 is 0 Å². The maximum atomic E-state index is 4.66. The number of aromatic nitrogens is 2. The van der Waals surface area contributed by atoms with Crippen LogP contribution in [0, 0.1) is 5.41 Å². The lowest BCUT2D eigenvalue weighted by Gasteiger charge is -2.27. The highest BCUT2D eigenvalue weighted by molar-refractivity contribution is 5.55. The molecule has 0 aliphatic heterocycles. The Kier molecular flexibility index (Phi) is 3.64. The summed E-state index contributed by atoms with van der Waals surface area (Å²) in [6, 6.07) is 10.5. The van der Waals surface area contributed by atoms with Gasteiger partial charge in [-0.2, -0.15) is 0 Å². The lowest BCUT2D eigenvalue weighted by molar-refractivity contribution is 0.277. The van der Waals surface area contributed by atoms with Crippen molar-refractivity contribution in [3.05, 3.63) is 42.2 Å². The normalized spacial score (nSPS) is 17.5. The van der Waals surface area contributed by atoms with Gasteiger partial charge >= 0.3 is 0 Å². The number of hydrogen-bond donors (Lipinski definition) is 0. The summed E-state index contributed by atoms with van der Waals surface area (Å²) in [5.74, 6) is 1.09. The molecule has 1 aromatic carbocycles. The zero-order valence-corrected chi connectivity index (χ0v) is 12.6. The zero-order valence-electron chi connectivity index (χ0n) is 12.6. The second-order valence-electron chi connectivity index (χ2n) is 6.24. The summed E-state index contributed by atoms with van der Waals surface area (Å²) < 4.78 is 2.28. The van der Waals surface area contributed by atoms with Crippen LogP contribution < -0.4 is 0 Å². The second-order valence-corrected chi connectivity index (χ2v) is 6.24. The Morgan fingerprint density at radius 3 is 2.50 bits per heavy atom. The third-order valence-corrected chi connectivity index (χ3v) is 5.09. The summed E-state index contributed by atoms with van der Waals surface area (Å²) in [7, 11) is 2.16. The molecule has 0 amide bonds. The molecule has 1 aliphatic carbocycles. The molecule has 2 nitrogen and oxygen atoms in total. The molecule has 0 unspecified atom stereocenters. The summed E-state index contributed by atoms with van der Waals surface area (Å²) in [5, 5.41) is 0. The van der Waals surface area contributed by atoms with E-state index >= 15 is 0 Å². The number of imidazole rings is 1. The van der Waals surface area contributed by atoms with E-state index in [1.54, 1.807) is 0 Å². The van der Waals surface area contributed by atoms with Gasteiger partial charge in [0.2, 0.25) is 0 Å². The van der Waals surface area contributed by atoms with Crippen LogP contribution in [0.2, 0.25) is 0 Å². The lowest BCUT2D eigenvalue weighted by atomic mass is 9.79. The van der Waals surface area contributed by atoms with Crippen LogP contribution in [0.3, 0.4) is 0 Å². The molecular weight excluding hydrogens is 244 g/mol. The summed E-state index contributed by atoms with van der Waals surface area (Å²) in [5.41, 5.74) is 3.12. The van der Waals surface area contributed by atoms with Crippen LogP contribution in [-0.2, 0) is 13.5 Å². The van der Waals surface area contributed by atoms with Crippen LogP contribution in [0.1, 0.15) is 44.7 Å². The first-order chi connectivity index (χ1) is 9.74. The Balaban J connectivity index is 1.87. The SMILES string of the molecule is CCC1(Cc2cnc(-c3ccccc3)n2C)CCCC1. The minimum Gasteiger partial charge on any atom is -0.331 e. The number of nitrogens with zero attached hydrogens (tertiary/aromatic N) is 2. The van der Waals surface area contributed by atoms with Gasteiger partial charge in [0, 0.05) is 24.5 Å². The van der Waals surface area contributed by atoms with E-state index in [2.05, 4.69) is 60.1 Å². The van der Waals surface area contributed by atoms with E-state index in [0.717, 1.165) is 5.82 Å². The fraction of sp³-hybridized carbons (Fsp3) is 0.500. The minimum atomic E-state index is 0.530. The van der Waals surface area contributed by atoms with Crippen molar-refractivity contribution >= 4 is 0 Å². The van der Waals surface area contributed by atoms with Gasteiger partial charge in [0.05, 0.1) is 0 Å². The monoisotopic (exact) mass is 268 g/mol. The van der Waals surface area contributed by atoms with Gasteiger partial charge in [-0.25, -0.2) is 4.98 Å². The molecule has 1 heterocycles. The van der Waals surface area contributed by atoms with E-state index in [0.29, 0.717) is 5.41 Å². The van der Waals surface area contributed by atoms with Crippen LogP contribution in [0.25, 0.3) is 11.4 Å². The third-order valence-electron chi connectivity index (χ3n) is 5.09. The van der Waals surface area contributed by atoms with Gasteiger partial charge in [-0.1, -0.05) is 56.5 Å². The van der Waals surface area contributed by atoms with Gasteiger partial charge in [0.1, 0.15) is 5.82 Å². The second kappa shape index (κ2) is 5.43. The molecule has 3 rings (SSSR count). The van der Waals surface area contributed by atoms with Crippen molar-refractivity contribution in [3.8, 4) is 11.4 Å². The highest BCUT2D eigenvalue weighted by atomic mass is 15.1. The smallest absolute Gasteiger partial charge is 0.139 e. The van der Waals surface area contributed by atoms with Gasteiger partial charge in [-0.3, -0.25) is 0 Å². The molecule has 0 atom stereocenters. The van der Waals surface area contributed by atoms with Gasteiger partial charge in [-0.15, -0.1) is 0 Å². The standard InChI is InChI=1S/C18H24N2/c1-3-18(11-7-8-12-18)13-16-14-19-17(20(16)2)15-9-5-4-6-10-15/h4-6,9-10,14H,3,7-8,11-13H2,1-2H3. The average molecular weight is 268 g/mol. The molecule has 2 aromatic rings. The summed E-state index contributed by atoms with van der Waals surface area (Å²) >= 11 is 0. The molecule has 0 saturated heterocycles. The largest absolute Gasteiger partial charge is 0.331 e. The van der Waals surface area contributed by atoms with Crippen LogP contribution in [0.15, 0.2) is 36.5 Å². The van der Waals surface area contributed by atoms with Crippen LogP contribution in [-0.4, -0.2) is 9.55 Å².